The third kappa shape index (κ3) is 5.38. The summed E-state index contributed by atoms with van der Waals surface area (Å²) in [6.45, 7) is 1.47. The number of likely N-dealkylation sites (N-methyl/N-ethyl adjacent to an activating group) is 1. The van der Waals surface area contributed by atoms with E-state index in [1.54, 1.807) is 4.68 Å². The lowest BCUT2D eigenvalue weighted by Crippen LogP contribution is -2.21. The first kappa shape index (κ1) is 19.1. The predicted octanol–water partition coefficient (Wildman–Crippen LogP) is 2.71. The molecule has 1 atom stereocenters. The van der Waals surface area contributed by atoms with Crippen molar-refractivity contribution in [1.29, 1.82) is 0 Å². The number of benzene rings is 2. The molecule has 0 fully saturated rings. The van der Waals surface area contributed by atoms with Crippen molar-refractivity contribution in [2.24, 2.45) is 0 Å². The van der Waals surface area contributed by atoms with E-state index in [1.165, 1.54) is 11.8 Å². The Bertz CT molecular complexity index is 853. The van der Waals surface area contributed by atoms with Crippen molar-refractivity contribution in [2.75, 3.05) is 26.0 Å². The van der Waals surface area contributed by atoms with Crippen molar-refractivity contribution in [3.05, 3.63) is 66.2 Å². The van der Waals surface area contributed by atoms with E-state index in [0.717, 1.165) is 17.8 Å². The van der Waals surface area contributed by atoms with Crippen LogP contribution in [0.15, 0.2) is 65.8 Å². The van der Waals surface area contributed by atoms with Crippen molar-refractivity contribution < 1.29 is 4.79 Å². The van der Waals surface area contributed by atoms with E-state index in [1.807, 2.05) is 74.8 Å². The van der Waals surface area contributed by atoms with Crippen LogP contribution in [0, 0.1) is 0 Å². The van der Waals surface area contributed by atoms with Crippen molar-refractivity contribution in [1.82, 2.24) is 25.1 Å². The van der Waals surface area contributed by atoms with Crippen LogP contribution in [0.1, 0.15) is 10.8 Å². The fourth-order valence-electron chi connectivity index (χ4n) is 2.45. The first-order valence-electron chi connectivity index (χ1n) is 8.62. The van der Waals surface area contributed by atoms with Gasteiger partial charge in [0.05, 0.1) is 6.54 Å². The highest BCUT2D eigenvalue weighted by atomic mass is 32.2. The van der Waals surface area contributed by atoms with Gasteiger partial charge in [0.2, 0.25) is 11.1 Å². The first-order chi connectivity index (χ1) is 13.1. The van der Waals surface area contributed by atoms with Crippen LogP contribution >= 0.6 is 11.8 Å². The number of anilines is 1. The Hall–Kier alpha value is -2.71. The lowest BCUT2D eigenvalue weighted by Gasteiger charge is -2.17. The molecule has 3 rings (SSSR count). The van der Waals surface area contributed by atoms with Crippen LogP contribution in [0.4, 0.5) is 5.69 Å². The summed E-state index contributed by atoms with van der Waals surface area (Å²) in [5, 5.41) is 15.1. The summed E-state index contributed by atoms with van der Waals surface area (Å²) in [6.07, 6.45) is 0. The van der Waals surface area contributed by atoms with Crippen LogP contribution in [0.2, 0.25) is 0 Å². The number of para-hydroxylation sites is 1. The molecule has 1 N–H and O–H groups in total. The number of amides is 1. The maximum absolute atomic E-state index is 13.0. The lowest BCUT2D eigenvalue weighted by molar-refractivity contribution is -0.115. The Balaban J connectivity index is 1.81. The third-order valence-corrected chi connectivity index (χ3v) is 5.09. The molecule has 1 aromatic heterocycles. The van der Waals surface area contributed by atoms with Gasteiger partial charge in [0, 0.05) is 12.2 Å². The number of tetrazole rings is 1. The van der Waals surface area contributed by atoms with Crippen molar-refractivity contribution in [3.8, 4) is 0 Å². The highest BCUT2D eigenvalue weighted by molar-refractivity contribution is 8.00. The van der Waals surface area contributed by atoms with Gasteiger partial charge in [-0.25, -0.2) is 4.68 Å². The summed E-state index contributed by atoms with van der Waals surface area (Å²) in [7, 11) is 3.99. The molecule has 0 bridgehead atoms. The third-order valence-electron chi connectivity index (χ3n) is 3.86. The number of nitrogens with zero attached hydrogens (tertiary/aromatic N) is 5. The second-order valence-electron chi connectivity index (χ2n) is 6.25. The van der Waals surface area contributed by atoms with E-state index in [9.17, 15) is 4.79 Å². The highest BCUT2D eigenvalue weighted by Gasteiger charge is 2.25. The molecule has 0 spiro atoms. The topological polar surface area (TPSA) is 75.9 Å². The van der Waals surface area contributed by atoms with Gasteiger partial charge in [-0.1, -0.05) is 60.3 Å². The summed E-state index contributed by atoms with van der Waals surface area (Å²) in [5.41, 5.74) is 1.66. The molecular weight excluding hydrogens is 360 g/mol. The van der Waals surface area contributed by atoms with E-state index < -0.39 is 5.25 Å². The molecule has 1 amide bonds. The maximum atomic E-state index is 13.0. The standard InChI is InChI=1S/C19H22N6OS/c1-24(2)13-14-25-19(21-22-23-25)27-17(15-9-5-3-6-10-15)18(26)20-16-11-7-4-8-12-16/h3-12,17H,13-14H2,1-2H3,(H,20,26). The maximum Gasteiger partial charge on any atom is 0.242 e. The molecule has 0 saturated heterocycles. The van der Waals surface area contributed by atoms with Gasteiger partial charge in [0.1, 0.15) is 5.25 Å². The molecule has 0 saturated carbocycles. The minimum atomic E-state index is -0.462. The Labute approximate surface area is 162 Å². The molecule has 0 aliphatic rings. The van der Waals surface area contributed by atoms with Crippen LogP contribution < -0.4 is 5.32 Å². The second kappa shape index (κ2) is 9.29. The number of aromatic nitrogens is 4. The first-order valence-corrected chi connectivity index (χ1v) is 9.50. The predicted molar refractivity (Wildman–Crippen MR) is 106 cm³/mol. The van der Waals surface area contributed by atoms with Crippen LogP contribution in [0.5, 0.6) is 0 Å². The molecule has 7 nitrogen and oxygen atoms in total. The number of hydrogen-bond donors (Lipinski definition) is 1. The molecule has 0 aliphatic carbocycles. The van der Waals surface area contributed by atoms with Gasteiger partial charge in [-0.2, -0.15) is 0 Å². The fraction of sp³-hybridized carbons (Fsp3) is 0.263. The van der Waals surface area contributed by atoms with E-state index in [4.69, 9.17) is 0 Å². The normalized spacial score (nSPS) is 12.1. The zero-order valence-corrected chi connectivity index (χ0v) is 16.1. The highest BCUT2D eigenvalue weighted by Crippen LogP contribution is 2.34. The van der Waals surface area contributed by atoms with Gasteiger partial charge in [0.25, 0.3) is 0 Å². The van der Waals surface area contributed by atoms with Crippen LogP contribution in [0.25, 0.3) is 0 Å². The molecule has 1 unspecified atom stereocenters. The summed E-state index contributed by atoms with van der Waals surface area (Å²) < 4.78 is 1.73. The Kier molecular flexibility index (Phi) is 6.56. The quantitative estimate of drug-likeness (QED) is 0.604. The molecule has 0 aliphatic heterocycles. The second-order valence-corrected chi connectivity index (χ2v) is 7.32. The average molecular weight is 382 g/mol. The van der Waals surface area contributed by atoms with Gasteiger partial charge in [-0.15, -0.1) is 5.10 Å². The van der Waals surface area contributed by atoms with E-state index in [2.05, 4.69) is 25.7 Å². The van der Waals surface area contributed by atoms with Gasteiger partial charge < -0.3 is 10.2 Å². The molecule has 140 valence electrons. The number of thioether (sulfide) groups is 1. The largest absolute Gasteiger partial charge is 0.325 e. The summed E-state index contributed by atoms with van der Waals surface area (Å²) in [6, 6.07) is 19.1. The van der Waals surface area contributed by atoms with Gasteiger partial charge >= 0.3 is 0 Å². The lowest BCUT2D eigenvalue weighted by atomic mass is 10.1. The van der Waals surface area contributed by atoms with E-state index in [0.29, 0.717) is 11.7 Å². The Morgan fingerprint density at radius 1 is 1.11 bits per heavy atom. The summed E-state index contributed by atoms with van der Waals surface area (Å²) >= 11 is 1.35. The molecule has 8 heteroatoms. The van der Waals surface area contributed by atoms with Crippen LogP contribution in [-0.4, -0.2) is 51.7 Å². The SMILES string of the molecule is CN(C)CCn1nnnc1SC(C(=O)Nc1ccccc1)c1ccccc1. The molecule has 27 heavy (non-hydrogen) atoms. The van der Waals surface area contributed by atoms with Crippen molar-refractivity contribution in [3.63, 3.8) is 0 Å². The zero-order chi connectivity index (χ0) is 19.1. The number of hydrogen-bond acceptors (Lipinski definition) is 6. The summed E-state index contributed by atoms with van der Waals surface area (Å²) in [5.74, 6) is -0.112. The zero-order valence-electron chi connectivity index (χ0n) is 15.3. The molecule has 2 aromatic carbocycles. The number of nitrogens with one attached hydrogen (secondary N) is 1. The van der Waals surface area contributed by atoms with Gasteiger partial charge in [0.15, 0.2) is 0 Å². The van der Waals surface area contributed by atoms with Crippen molar-refractivity contribution in [2.45, 2.75) is 17.0 Å². The number of carbonyl (C=O) groups is 1. The minimum Gasteiger partial charge on any atom is -0.325 e. The molecular formula is C19H22N6OS. The minimum absolute atomic E-state index is 0.112. The Morgan fingerprint density at radius 3 is 2.44 bits per heavy atom. The van der Waals surface area contributed by atoms with E-state index >= 15 is 0 Å². The monoisotopic (exact) mass is 382 g/mol. The molecule has 3 aromatic rings. The Morgan fingerprint density at radius 2 is 1.78 bits per heavy atom. The smallest absolute Gasteiger partial charge is 0.242 e. The fourth-order valence-corrected chi connectivity index (χ4v) is 3.45. The average Bonchev–Trinajstić information content (AvgIpc) is 3.13. The van der Waals surface area contributed by atoms with Crippen molar-refractivity contribution >= 4 is 23.4 Å². The van der Waals surface area contributed by atoms with E-state index in [-0.39, 0.29) is 5.91 Å². The molecule has 1 heterocycles. The summed E-state index contributed by atoms with van der Waals surface area (Å²) in [4.78, 5) is 15.1. The molecule has 0 radical (unpaired) electrons. The van der Waals surface area contributed by atoms with Gasteiger partial charge in [-0.05, 0) is 42.2 Å². The number of carbonyl (C=O) groups excluding carboxylic acids is 1. The number of rotatable bonds is 8. The van der Waals surface area contributed by atoms with Crippen LogP contribution in [0.3, 0.4) is 0 Å². The van der Waals surface area contributed by atoms with Crippen LogP contribution in [-0.2, 0) is 11.3 Å². The van der Waals surface area contributed by atoms with Gasteiger partial charge in [-0.3, -0.25) is 4.79 Å².